The van der Waals surface area contributed by atoms with Crippen molar-refractivity contribution in [1.82, 2.24) is 14.4 Å². The van der Waals surface area contributed by atoms with E-state index in [4.69, 9.17) is 9.47 Å². The van der Waals surface area contributed by atoms with Gasteiger partial charge >= 0.3 is 0 Å². The second-order valence-corrected chi connectivity index (χ2v) is 8.25. The van der Waals surface area contributed by atoms with Gasteiger partial charge in [0.25, 0.3) is 11.8 Å². The third-order valence-corrected chi connectivity index (χ3v) is 6.24. The molecule has 4 rings (SSSR count). The number of ether oxygens (including phenoxy) is 2. The van der Waals surface area contributed by atoms with E-state index in [0.717, 1.165) is 17.1 Å². The Morgan fingerprint density at radius 2 is 1.38 bits per heavy atom. The summed E-state index contributed by atoms with van der Waals surface area (Å²) in [5, 5.41) is 0. The predicted molar refractivity (Wildman–Crippen MR) is 127 cm³/mol. The Balaban J connectivity index is 1.47. The van der Waals surface area contributed by atoms with Gasteiger partial charge in [-0.15, -0.1) is 0 Å². The van der Waals surface area contributed by atoms with E-state index < -0.39 is 0 Å². The van der Waals surface area contributed by atoms with Gasteiger partial charge in [-0.1, -0.05) is 0 Å². The van der Waals surface area contributed by atoms with Crippen LogP contribution in [-0.4, -0.2) is 66.6 Å². The van der Waals surface area contributed by atoms with Crippen LogP contribution in [0.1, 0.15) is 32.1 Å². The van der Waals surface area contributed by atoms with Gasteiger partial charge in [-0.05, 0) is 56.3 Å². The van der Waals surface area contributed by atoms with Crippen molar-refractivity contribution in [3.63, 3.8) is 0 Å². The molecule has 0 bridgehead atoms. The third-order valence-electron chi connectivity index (χ3n) is 6.24. The molecule has 178 valence electrons. The molecule has 1 saturated heterocycles. The second kappa shape index (κ2) is 9.59. The van der Waals surface area contributed by atoms with Crippen LogP contribution in [-0.2, 0) is 0 Å². The van der Waals surface area contributed by atoms with Gasteiger partial charge in [0.2, 0.25) is 0 Å². The lowest BCUT2D eigenvalue weighted by molar-refractivity contribution is 0.0533. The van der Waals surface area contributed by atoms with E-state index >= 15 is 0 Å². The molecule has 1 fully saturated rings. The van der Waals surface area contributed by atoms with Gasteiger partial charge in [-0.3, -0.25) is 9.59 Å². The van der Waals surface area contributed by atoms with Crippen molar-refractivity contribution in [3.8, 4) is 17.2 Å². The molecule has 2 aromatic carbocycles. The first-order valence-corrected chi connectivity index (χ1v) is 11.1. The number of aromatic nitrogens is 1. The molecule has 1 aliphatic rings. The Morgan fingerprint density at radius 3 is 1.94 bits per heavy atom. The van der Waals surface area contributed by atoms with Gasteiger partial charge in [0, 0.05) is 49.3 Å². The van der Waals surface area contributed by atoms with Gasteiger partial charge in [0.15, 0.2) is 0 Å². The van der Waals surface area contributed by atoms with Gasteiger partial charge < -0.3 is 23.8 Å². The van der Waals surface area contributed by atoms with Crippen LogP contribution in [0, 0.1) is 19.7 Å². The summed E-state index contributed by atoms with van der Waals surface area (Å²) in [7, 11) is 3.08. The maximum absolute atomic E-state index is 13.3. The fourth-order valence-corrected chi connectivity index (χ4v) is 4.40. The largest absolute Gasteiger partial charge is 0.497 e. The molecule has 0 aliphatic carbocycles. The Hall–Kier alpha value is -3.81. The molecule has 0 unspecified atom stereocenters. The van der Waals surface area contributed by atoms with Crippen LogP contribution < -0.4 is 9.47 Å². The number of piperazine rings is 1. The number of methoxy groups -OCH3 is 2. The number of hydrogen-bond donors (Lipinski definition) is 0. The van der Waals surface area contributed by atoms with E-state index in [9.17, 15) is 14.0 Å². The number of rotatable bonds is 5. The van der Waals surface area contributed by atoms with E-state index in [1.54, 1.807) is 47.2 Å². The summed E-state index contributed by atoms with van der Waals surface area (Å²) in [4.78, 5) is 29.9. The van der Waals surface area contributed by atoms with Crippen LogP contribution in [0.4, 0.5) is 4.39 Å². The highest BCUT2D eigenvalue weighted by Crippen LogP contribution is 2.27. The van der Waals surface area contributed by atoms with Crippen molar-refractivity contribution in [1.29, 1.82) is 0 Å². The van der Waals surface area contributed by atoms with Crippen LogP contribution >= 0.6 is 0 Å². The van der Waals surface area contributed by atoms with Gasteiger partial charge in [0.1, 0.15) is 17.3 Å². The number of amides is 2. The van der Waals surface area contributed by atoms with Crippen LogP contribution in [0.15, 0.2) is 48.5 Å². The molecule has 2 heterocycles. The summed E-state index contributed by atoms with van der Waals surface area (Å²) in [5.41, 5.74) is 3.58. The molecule has 0 saturated carbocycles. The lowest BCUT2D eigenvalue weighted by atomic mass is 10.1. The van der Waals surface area contributed by atoms with E-state index in [1.165, 1.54) is 19.2 Å². The summed E-state index contributed by atoms with van der Waals surface area (Å²) in [5.74, 6) is 0.553. The molecule has 1 aliphatic heterocycles. The smallest absolute Gasteiger partial charge is 0.257 e. The normalized spacial score (nSPS) is 13.7. The minimum atomic E-state index is -0.304. The standard InChI is InChI=1S/C26H28FN3O4/c1-17-15-23(18(2)30(17)20-7-5-19(27)6-8-20)26(32)29-13-11-28(12-14-29)25(31)22-10-9-21(33-3)16-24(22)34-4/h5-10,15-16H,11-14H2,1-4H3. The molecule has 2 amide bonds. The molecular formula is C26H28FN3O4. The third kappa shape index (κ3) is 4.35. The summed E-state index contributed by atoms with van der Waals surface area (Å²) in [6.07, 6.45) is 0. The topological polar surface area (TPSA) is 64.0 Å². The minimum Gasteiger partial charge on any atom is -0.497 e. The van der Waals surface area contributed by atoms with Crippen LogP contribution in [0.3, 0.4) is 0 Å². The zero-order valence-corrected chi connectivity index (χ0v) is 19.8. The minimum absolute atomic E-state index is 0.0735. The van der Waals surface area contributed by atoms with Crippen molar-refractivity contribution >= 4 is 11.8 Å². The Labute approximate surface area is 198 Å². The van der Waals surface area contributed by atoms with E-state index in [0.29, 0.717) is 48.8 Å². The van der Waals surface area contributed by atoms with Crippen molar-refractivity contribution < 1.29 is 23.5 Å². The van der Waals surface area contributed by atoms with Crippen LogP contribution in [0.25, 0.3) is 5.69 Å². The number of benzene rings is 2. The number of hydrogen-bond acceptors (Lipinski definition) is 4. The van der Waals surface area contributed by atoms with Crippen LogP contribution in [0.2, 0.25) is 0 Å². The summed E-state index contributed by atoms with van der Waals surface area (Å²) >= 11 is 0. The lowest BCUT2D eigenvalue weighted by Crippen LogP contribution is -2.50. The molecule has 7 nitrogen and oxygen atoms in total. The molecule has 0 spiro atoms. The van der Waals surface area contributed by atoms with Gasteiger partial charge in [-0.2, -0.15) is 0 Å². The highest BCUT2D eigenvalue weighted by Gasteiger charge is 2.29. The average molecular weight is 466 g/mol. The molecule has 3 aromatic rings. The van der Waals surface area contributed by atoms with E-state index in [-0.39, 0.29) is 17.6 Å². The molecule has 0 atom stereocenters. The van der Waals surface area contributed by atoms with Crippen LogP contribution in [0.5, 0.6) is 11.5 Å². The van der Waals surface area contributed by atoms with E-state index in [1.807, 2.05) is 24.5 Å². The quantitative estimate of drug-likeness (QED) is 0.574. The molecule has 1 aromatic heterocycles. The number of carbonyl (C=O) groups is 2. The summed E-state index contributed by atoms with van der Waals surface area (Å²) in [6, 6.07) is 13.2. The number of nitrogens with zero attached hydrogens (tertiary/aromatic N) is 3. The van der Waals surface area contributed by atoms with Crippen molar-refractivity contribution in [2.24, 2.45) is 0 Å². The zero-order valence-electron chi connectivity index (χ0n) is 19.8. The first-order valence-electron chi connectivity index (χ1n) is 11.1. The SMILES string of the molecule is COc1ccc(C(=O)N2CCN(C(=O)c3cc(C)n(-c4ccc(F)cc4)c3C)CC2)c(OC)c1. The van der Waals surface area contributed by atoms with Crippen molar-refractivity contribution in [2.75, 3.05) is 40.4 Å². The summed E-state index contributed by atoms with van der Waals surface area (Å²) in [6.45, 7) is 5.53. The summed E-state index contributed by atoms with van der Waals surface area (Å²) < 4.78 is 25.9. The molecule has 0 N–H and O–H groups in total. The lowest BCUT2D eigenvalue weighted by Gasteiger charge is -2.35. The van der Waals surface area contributed by atoms with Gasteiger partial charge in [0.05, 0.1) is 25.3 Å². The zero-order chi connectivity index (χ0) is 24.4. The fourth-order valence-electron chi connectivity index (χ4n) is 4.40. The molecular weight excluding hydrogens is 437 g/mol. The Bertz CT molecular complexity index is 1210. The first kappa shape index (κ1) is 23.4. The highest BCUT2D eigenvalue weighted by atomic mass is 19.1. The first-order chi connectivity index (χ1) is 16.3. The Morgan fingerprint density at radius 1 is 0.794 bits per heavy atom. The Kier molecular flexibility index (Phi) is 6.58. The number of halogens is 1. The maximum Gasteiger partial charge on any atom is 0.257 e. The maximum atomic E-state index is 13.3. The molecule has 8 heteroatoms. The molecule has 0 radical (unpaired) electrons. The fraction of sp³-hybridized carbons (Fsp3) is 0.308. The van der Waals surface area contributed by atoms with Crippen molar-refractivity contribution in [3.05, 3.63) is 76.9 Å². The monoisotopic (exact) mass is 465 g/mol. The van der Waals surface area contributed by atoms with Crippen molar-refractivity contribution in [2.45, 2.75) is 13.8 Å². The van der Waals surface area contributed by atoms with E-state index in [2.05, 4.69) is 0 Å². The average Bonchev–Trinajstić information content (AvgIpc) is 3.17. The second-order valence-electron chi connectivity index (χ2n) is 8.25. The highest BCUT2D eigenvalue weighted by molar-refractivity contribution is 5.98. The van der Waals surface area contributed by atoms with Gasteiger partial charge in [-0.25, -0.2) is 4.39 Å². The molecule has 34 heavy (non-hydrogen) atoms. The predicted octanol–water partition coefficient (Wildman–Crippen LogP) is 3.85. The number of aryl methyl sites for hydroxylation is 1. The number of carbonyl (C=O) groups excluding carboxylic acids is 2.